The molecule has 2 heterocycles. The number of aliphatic hydroxyl groups is 3. The summed E-state index contributed by atoms with van der Waals surface area (Å²) in [6.07, 6.45) is -2.81. The number of halogens is 1. The van der Waals surface area contributed by atoms with Crippen molar-refractivity contribution in [3.05, 3.63) is 24.9 Å². The molecule has 0 spiro atoms. The van der Waals surface area contributed by atoms with E-state index in [1.807, 2.05) is 22.6 Å². The van der Waals surface area contributed by atoms with Crippen LogP contribution >= 0.6 is 34.8 Å². The Bertz CT molecular complexity index is 559. The van der Waals surface area contributed by atoms with Crippen molar-refractivity contribution in [2.75, 3.05) is 6.61 Å². The van der Waals surface area contributed by atoms with E-state index in [-0.39, 0.29) is 10.3 Å². The molecule has 4 atom stereocenters. The Kier molecular flexibility index (Phi) is 4.18. The Balaban J connectivity index is 2.42. The number of nitrogens with one attached hydrogen (secondary N) is 1. The summed E-state index contributed by atoms with van der Waals surface area (Å²) in [7, 11) is 0. The first-order valence-electron chi connectivity index (χ1n) is 5.09. The molecule has 2 rings (SSSR count). The highest BCUT2D eigenvalue weighted by Gasteiger charge is 2.43. The van der Waals surface area contributed by atoms with Gasteiger partial charge in [0.1, 0.15) is 18.3 Å². The molecule has 0 radical (unpaired) electrons. The maximum Gasteiger partial charge on any atom is 0.265 e. The van der Waals surface area contributed by atoms with Gasteiger partial charge in [0.2, 0.25) is 0 Å². The lowest BCUT2D eigenvalue weighted by Gasteiger charge is -2.18. The number of hydrogen-bond donors (Lipinski definition) is 4. The third kappa shape index (κ3) is 2.38. The molecule has 7 nitrogen and oxygen atoms in total. The van der Waals surface area contributed by atoms with Crippen LogP contribution in [0.5, 0.6) is 0 Å². The van der Waals surface area contributed by atoms with Gasteiger partial charge < -0.3 is 20.1 Å². The first-order valence-corrected chi connectivity index (χ1v) is 6.58. The molecule has 1 aromatic heterocycles. The summed E-state index contributed by atoms with van der Waals surface area (Å²) in [6.45, 7) is -0.414. The van der Waals surface area contributed by atoms with Crippen molar-refractivity contribution in [1.29, 1.82) is 0 Å². The van der Waals surface area contributed by atoms with E-state index in [1.54, 1.807) is 0 Å². The maximum atomic E-state index is 11.3. The van der Waals surface area contributed by atoms with E-state index in [2.05, 4.69) is 4.98 Å². The third-order valence-corrected chi connectivity index (χ3v) is 3.80. The summed E-state index contributed by atoms with van der Waals surface area (Å²) in [5.41, 5.74) is -0.330. The van der Waals surface area contributed by atoms with Gasteiger partial charge in [0, 0.05) is 6.20 Å². The lowest BCUT2D eigenvalue weighted by molar-refractivity contribution is -0.0542. The van der Waals surface area contributed by atoms with Crippen LogP contribution in [0.4, 0.5) is 0 Å². The molecule has 1 aromatic rings. The summed E-state index contributed by atoms with van der Waals surface area (Å²) in [5, 5.41) is 28.5. The minimum atomic E-state index is -1.23. The van der Waals surface area contributed by atoms with Crippen molar-refractivity contribution in [3.63, 3.8) is 0 Å². The molecule has 100 valence electrons. The Labute approximate surface area is 120 Å². The van der Waals surface area contributed by atoms with E-state index >= 15 is 0 Å². The molecule has 1 aliphatic rings. The van der Waals surface area contributed by atoms with Gasteiger partial charge >= 0.3 is 0 Å². The SMILES string of the molecule is O=c1[nH]c(=S)n([C@@H]2O[C@H](CO)[C@@H](O)[C@@H]2O)cc1I. The molecule has 0 saturated carbocycles. The summed E-state index contributed by atoms with van der Waals surface area (Å²) in [6, 6.07) is 0. The summed E-state index contributed by atoms with van der Waals surface area (Å²) in [4.78, 5) is 13.8. The molecule has 0 amide bonds. The quantitative estimate of drug-likeness (QED) is 0.389. The monoisotopic (exact) mass is 386 g/mol. The van der Waals surface area contributed by atoms with Gasteiger partial charge in [-0.25, -0.2) is 0 Å². The third-order valence-electron chi connectivity index (χ3n) is 2.72. The molecule has 9 heteroatoms. The minimum absolute atomic E-state index is 0.0789. The zero-order valence-electron chi connectivity index (χ0n) is 8.99. The zero-order chi connectivity index (χ0) is 13.4. The molecule has 1 fully saturated rings. The smallest absolute Gasteiger partial charge is 0.265 e. The van der Waals surface area contributed by atoms with Crippen LogP contribution in [0.2, 0.25) is 0 Å². The first-order chi connectivity index (χ1) is 8.45. The van der Waals surface area contributed by atoms with E-state index in [9.17, 15) is 15.0 Å². The van der Waals surface area contributed by atoms with Gasteiger partial charge in [-0.3, -0.25) is 14.3 Å². The van der Waals surface area contributed by atoms with Crippen LogP contribution in [-0.4, -0.2) is 49.8 Å². The molecule has 1 saturated heterocycles. The number of aliphatic hydroxyl groups excluding tert-OH is 3. The van der Waals surface area contributed by atoms with E-state index in [0.717, 1.165) is 0 Å². The number of aromatic amines is 1. The lowest BCUT2D eigenvalue weighted by atomic mass is 10.1. The average Bonchev–Trinajstić information content (AvgIpc) is 2.61. The van der Waals surface area contributed by atoms with E-state index in [1.165, 1.54) is 10.8 Å². The van der Waals surface area contributed by atoms with Gasteiger partial charge in [0.15, 0.2) is 11.0 Å². The average molecular weight is 386 g/mol. The van der Waals surface area contributed by atoms with Crippen LogP contribution in [0, 0.1) is 8.34 Å². The summed E-state index contributed by atoms with van der Waals surface area (Å²) >= 11 is 6.79. The largest absolute Gasteiger partial charge is 0.394 e. The van der Waals surface area contributed by atoms with Crippen molar-refractivity contribution in [2.24, 2.45) is 0 Å². The number of hydrogen-bond acceptors (Lipinski definition) is 6. The molecule has 0 bridgehead atoms. The van der Waals surface area contributed by atoms with Crippen molar-refractivity contribution < 1.29 is 20.1 Å². The number of H-pyrrole nitrogens is 1. The van der Waals surface area contributed by atoms with Crippen LogP contribution in [0.25, 0.3) is 0 Å². The first kappa shape index (κ1) is 14.1. The van der Waals surface area contributed by atoms with Crippen molar-refractivity contribution >= 4 is 34.8 Å². The fraction of sp³-hybridized carbons (Fsp3) is 0.556. The second kappa shape index (κ2) is 5.35. The van der Waals surface area contributed by atoms with Gasteiger partial charge in [0.25, 0.3) is 5.56 Å². The molecule has 0 aliphatic carbocycles. The standard InChI is InChI=1S/C9H11IN2O5S/c10-3-1-12(9(18)11-7(3)16)8-6(15)5(14)4(2-13)17-8/h1,4-6,8,13-15H,2H2,(H,11,16,18)/t4-,5-,6+,8-/m1/s1. The van der Waals surface area contributed by atoms with Gasteiger partial charge in [-0.15, -0.1) is 0 Å². The van der Waals surface area contributed by atoms with Crippen molar-refractivity contribution in [1.82, 2.24) is 9.55 Å². The molecule has 0 aromatic carbocycles. The Morgan fingerprint density at radius 3 is 2.72 bits per heavy atom. The van der Waals surface area contributed by atoms with Gasteiger partial charge in [0.05, 0.1) is 10.2 Å². The molecular formula is C9H11IN2O5S. The van der Waals surface area contributed by atoms with Crippen LogP contribution in [-0.2, 0) is 4.74 Å². The number of rotatable bonds is 2. The van der Waals surface area contributed by atoms with Crippen LogP contribution in [0.1, 0.15) is 6.23 Å². The fourth-order valence-electron chi connectivity index (χ4n) is 1.76. The second-order valence-electron chi connectivity index (χ2n) is 3.87. The number of aromatic nitrogens is 2. The van der Waals surface area contributed by atoms with E-state index in [4.69, 9.17) is 22.1 Å². The Morgan fingerprint density at radius 2 is 2.17 bits per heavy atom. The maximum absolute atomic E-state index is 11.3. The second-order valence-corrected chi connectivity index (χ2v) is 5.42. The molecule has 18 heavy (non-hydrogen) atoms. The molecule has 0 unspecified atom stereocenters. The van der Waals surface area contributed by atoms with Crippen molar-refractivity contribution in [3.8, 4) is 0 Å². The van der Waals surface area contributed by atoms with Crippen LogP contribution in [0.15, 0.2) is 11.0 Å². The highest BCUT2D eigenvalue weighted by molar-refractivity contribution is 14.1. The van der Waals surface area contributed by atoms with Crippen LogP contribution < -0.4 is 5.56 Å². The number of ether oxygens (including phenoxy) is 1. The summed E-state index contributed by atoms with van der Waals surface area (Å²) in [5.74, 6) is 0. The topological polar surface area (TPSA) is 108 Å². The van der Waals surface area contributed by atoms with Gasteiger partial charge in [-0.2, -0.15) is 0 Å². The van der Waals surface area contributed by atoms with E-state index in [0.29, 0.717) is 3.57 Å². The van der Waals surface area contributed by atoms with Gasteiger partial charge in [-0.05, 0) is 34.8 Å². The molecule has 1 aliphatic heterocycles. The molecular weight excluding hydrogens is 375 g/mol. The summed E-state index contributed by atoms with van der Waals surface area (Å²) < 4.78 is 7.12. The lowest BCUT2D eigenvalue weighted by Crippen LogP contribution is -2.33. The predicted octanol–water partition coefficient (Wildman–Crippen LogP) is -0.878. The highest BCUT2D eigenvalue weighted by Crippen LogP contribution is 2.29. The van der Waals surface area contributed by atoms with Gasteiger partial charge in [-0.1, -0.05) is 0 Å². The predicted molar refractivity (Wildman–Crippen MR) is 71.6 cm³/mol. The number of nitrogens with zero attached hydrogens (tertiary/aromatic N) is 1. The molecule has 4 N–H and O–H groups in total. The zero-order valence-corrected chi connectivity index (χ0v) is 12.0. The Morgan fingerprint density at radius 1 is 1.50 bits per heavy atom. The minimum Gasteiger partial charge on any atom is -0.394 e. The fourth-order valence-corrected chi connectivity index (χ4v) is 2.44. The highest BCUT2D eigenvalue weighted by atomic mass is 127. The Hall–Kier alpha value is -0.330. The van der Waals surface area contributed by atoms with Crippen molar-refractivity contribution in [2.45, 2.75) is 24.5 Å². The van der Waals surface area contributed by atoms with Crippen LogP contribution in [0.3, 0.4) is 0 Å². The van der Waals surface area contributed by atoms with E-state index < -0.39 is 31.1 Å². The normalized spacial score (nSPS) is 31.8.